The Balaban J connectivity index is 1.93. The summed E-state index contributed by atoms with van der Waals surface area (Å²) in [4.78, 5) is 24.4. The Morgan fingerprint density at radius 3 is 2.33 bits per heavy atom. The SMILES string of the molecule is COc1ccc(C(C)(C)C)cc1NC(=O)CCNC(=O)c1ccc(Br)cc1. The van der Waals surface area contributed by atoms with E-state index in [1.54, 1.807) is 31.4 Å². The lowest BCUT2D eigenvalue weighted by Gasteiger charge is -2.21. The van der Waals surface area contributed by atoms with E-state index in [0.29, 0.717) is 17.0 Å². The van der Waals surface area contributed by atoms with E-state index in [-0.39, 0.29) is 30.2 Å². The van der Waals surface area contributed by atoms with E-state index < -0.39 is 0 Å². The Hall–Kier alpha value is -2.34. The Morgan fingerprint density at radius 2 is 1.74 bits per heavy atom. The second-order valence-corrected chi connectivity index (χ2v) is 8.14. The number of benzene rings is 2. The number of ether oxygens (including phenoxy) is 1. The van der Waals surface area contributed by atoms with E-state index in [4.69, 9.17) is 4.74 Å². The topological polar surface area (TPSA) is 67.4 Å². The minimum absolute atomic E-state index is 0.0373. The molecule has 0 aliphatic heterocycles. The number of hydrogen-bond acceptors (Lipinski definition) is 3. The summed E-state index contributed by atoms with van der Waals surface area (Å²) in [6, 6.07) is 12.8. The quantitative estimate of drug-likeness (QED) is 0.704. The van der Waals surface area contributed by atoms with Gasteiger partial charge in [-0.1, -0.05) is 42.8 Å². The zero-order valence-electron chi connectivity index (χ0n) is 16.1. The van der Waals surface area contributed by atoms with Crippen molar-refractivity contribution in [3.8, 4) is 5.75 Å². The first kappa shape index (κ1) is 21.0. The summed E-state index contributed by atoms with van der Waals surface area (Å²) in [6.07, 6.45) is 0.172. The molecular weight excluding hydrogens is 408 g/mol. The molecule has 0 aliphatic rings. The van der Waals surface area contributed by atoms with E-state index in [9.17, 15) is 9.59 Å². The number of halogens is 1. The predicted octanol–water partition coefficient (Wildman–Crippen LogP) is 4.51. The predicted molar refractivity (Wildman–Crippen MR) is 111 cm³/mol. The van der Waals surface area contributed by atoms with Crippen molar-refractivity contribution < 1.29 is 14.3 Å². The van der Waals surface area contributed by atoms with Gasteiger partial charge in [0.05, 0.1) is 12.8 Å². The van der Waals surface area contributed by atoms with Gasteiger partial charge in [-0.3, -0.25) is 9.59 Å². The maximum atomic E-state index is 12.3. The second kappa shape index (κ2) is 9.04. The van der Waals surface area contributed by atoms with Gasteiger partial charge in [-0.25, -0.2) is 0 Å². The van der Waals surface area contributed by atoms with Crippen LogP contribution < -0.4 is 15.4 Å². The third-order valence-electron chi connectivity index (χ3n) is 4.08. The van der Waals surface area contributed by atoms with Gasteiger partial charge in [0.15, 0.2) is 0 Å². The van der Waals surface area contributed by atoms with Gasteiger partial charge in [-0.15, -0.1) is 0 Å². The van der Waals surface area contributed by atoms with Crippen LogP contribution in [0.2, 0.25) is 0 Å². The van der Waals surface area contributed by atoms with Crippen LogP contribution in [0.25, 0.3) is 0 Å². The molecule has 0 aliphatic carbocycles. The van der Waals surface area contributed by atoms with Crippen LogP contribution in [0.1, 0.15) is 43.1 Å². The molecule has 144 valence electrons. The number of amides is 2. The van der Waals surface area contributed by atoms with Crippen molar-refractivity contribution in [2.45, 2.75) is 32.6 Å². The molecule has 0 saturated carbocycles. The Morgan fingerprint density at radius 1 is 1.07 bits per heavy atom. The van der Waals surface area contributed by atoms with Gasteiger partial charge >= 0.3 is 0 Å². The van der Waals surface area contributed by atoms with Gasteiger partial charge in [0, 0.05) is 23.0 Å². The molecule has 0 heterocycles. The molecule has 2 aromatic carbocycles. The molecule has 27 heavy (non-hydrogen) atoms. The molecule has 2 aromatic rings. The summed E-state index contributed by atoms with van der Waals surface area (Å²) in [5, 5.41) is 5.63. The summed E-state index contributed by atoms with van der Waals surface area (Å²) in [5.74, 6) is 0.216. The molecule has 2 amide bonds. The van der Waals surface area contributed by atoms with Crippen LogP contribution in [0.3, 0.4) is 0 Å². The van der Waals surface area contributed by atoms with Crippen molar-refractivity contribution in [1.29, 1.82) is 0 Å². The molecule has 0 spiro atoms. The average molecular weight is 433 g/mol. The smallest absolute Gasteiger partial charge is 0.251 e. The number of carbonyl (C=O) groups excluding carboxylic acids is 2. The normalized spacial score (nSPS) is 11.0. The van der Waals surface area contributed by atoms with E-state index >= 15 is 0 Å². The van der Waals surface area contributed by atoms with Crippen LogP contribution in [0.5, 0.6) is 5.75 Å². The van der Waals surface area contributed by atoms with Gasteiger partial charge in [0.25, 0.3) is 5.91 Å². The molecule has 0 fully saturated rings. The molecule has 0 radical (unpaired) electrons. The maximum Gasteiger partial charge on any atom is 0.251 e. The van der Waals surface area contributed by atoms with E-state index in [1.807, 2.05) is 18.2 Å². The highest BCUT2D eigenvalue weighted by Crippen LogP contribution is 2.31. The zero-order valence-corrected chi connectivity index (χ0v) is 17.6. The molecule has 2 N–H and O–H groups in total. The van der Waals surface area contributed by atoms with Crippen LogP contribution in [0.15, 0.2) is 46.9 Å². The van der Waals surface area contributed by atoms with Gasteiger partial charge in [0.1, 0.15) is 5.75 Å². The number of nitrogens with one attached hydrogen (secondary N) is 2. The first-order valence-corrected chi connectivity index (χ1v) is 9.52. The van der Waals surface area contributed by atoms with Crippen LogP contribution >= 0.6 is 15.9 Å². The second-order valence-electron chi connectivity index (χ2n) is 7.23. The fraction of sp³-hybridized carbons (Fsp3) is 0.333. The first-order valence-electron chi connectivity index (χ1n) is 8.73. The van der Waals surface area contributed by atoms with Crippen LogP contribution in [0.4, 0.5) is 5.69 Å². The number of anilines is 1. The van der Waals surface area contributed by atoms with Crippen molar-refractivity contribution in [2.24, 2.45) is 0 Å². The molecule has 0 aromatic heterocycles. The molecular formula is C21H25BrN2O3. The summed E-state index contributed by atoms with van der Waals surface area (Å²) in [7, 11) is 1.57. The fourth-order valence-electron chi connectivity index (χ4n) is 2.48. The molecule has 0 unspecified atom stereocenters. The summed E-state index contributed by atoms with van der Waals surface area (Å²) in [6.45, 7) is 6.58. The highest BCUT2D eigenvalue weighted by atomic mass is 79.9. The highest BCUT2D eigenvalue weighted by molar-refractivity contribution is 9.10. The van der Waals surface area contributed by atoms with Crippen molar-refractivity contribution in [2.75, 3.05) is 19.0 Å². The average Bonchev–Trinajstić information content (AvgIpc) is 2.61. The van der Waals surface area contributed by atoms with Crippen molar-refractivity contribution in [1.82, 2.24) is 5.32 Å². The Bertz CT molecular complexity index is 811. The number of carbonyl (C=O) groups is 2. The van der Waals surface area contributed by atoms with Crippen LogP contribution in [0, 0.1) is 0 Å². The lowest BCUT2D eigenvalue weighted by Crippen LogP contribution is -2.27. The van der Waals surface area contributed by atoms with Crippen LogP contribution in [-0.2, 0) is 10.2 Å². The standard InChI is InChI=1S/C21H25BrN2O3/c1-21(2,3)15-7-10-18(27-4)17(13-15)24-19(25)11-12-23-20(26)14-5-8-16(22)9-6-14/h5-10,13H,11-12H2,1-4H3,(H,23,26)(H,24,25). The lowest BCUT2D eigenvalue weighted by molar-refractivity contribution is -0.116. The first-order chi connectivity index (χ1) is 12.7. The zero-order chi connectivity index (χ0) is 20.0. The summed E-state index contributed by atoms with van der Waals surface area (Å²) >= 11 is 3.33. The molecule has 2 rings (SSSR count). The van der Waals surface area contributed by atoms with E-state index in [1.165, 1.54) is 0 Å². The molecule has 5 nitrogen and oxygen atoms in total. The molecule has 0 saturated heterocycles. The van der Waals surface area contributed by atoms with Gasteiger partial charge in [-0.05, 0) is 47.4 Å². The summed E-state index contributed by atoms with van der Waals surface area (Å²) < 4.78 is 6.24. The lowest BCUT2D eigenvalue weighted by atomic mass is 9.87. The Labute approximate surface area is 168 Å². The number of hydrogen-bond donors (Lipinski definition) is 2. The fourth-order valence-corrected chi connectivity index (χ4v) is 2.74. The molecule has 6 heteroatoms. The highest BCUT2D eigenvalue weighted by Gasteiger charge is 2.17. The van der Waals surface area contributed by atoms with E-state index in [0.717, 1.165) is 10.0 Å². The number of rotatable bonds is 6. The largest absolute Gasteiger partial charge is 0.495 e. The third kappa shape index (κ3) is 6.10. The molecule has 0 bridgehead atoms. The van der Waals surface area contributed by atoms with Gasteiger partial charge in [-0.2, -0.15) is 0 Å². The van der Waals surface area contributed by atoms with Crippen molar-refractivity contribution >= 4 is 33.4 Å². The van der Waals surface area contributed by atoms with Crippen molar-refractivity contribution in [3.05, 3.63) is 58.1 Å². The minimum atomic E-state index is -0.206. The summed E-state index contributed by atoms with van der Waals surface area (Å²) in [5.41, 5.74) is 2.25. The Kier molecular flexibility index (Phi) is 7.02. The van der Waals surface area contributed by atoms with Gasteiger partial charge < -0.3 is 15.4 Å². The van der Waals surface area contributed by atoms with E-state index in [2.05, 4.69) is 47.3 Å². The number of methoxy groups -OCH3 is 1. The molecule has 0 atom stereocenters. The minimum Gasteiger partial charge on any atom is -0.495 e. The monoisotopic (exact) mass is 432 g/mol. The van der Waals surface area contributed by atoms with Gasteiger partial charge in [0.2, 0.25) is 5.91 Å². The van der Waals surface area contributed by atoms with Crippen LogP contribution in [-0.4, -0.2) is 25.5 Å². The van der Waals surface area contributed by atoms with Crippen molar-refractivity contribution in [3.63, 3.8) is 0 Å². The third-order valence-corrected chi connectivity index (χ3v) is 4.61. The maximum absolute atomic E-state index is 12.3.